The topological polar surface area (TPSA) is 54.7 Å². The summed E-state index contributed by atoms with van der Waals surface area (Å²) in [5, 5.41) is 5.18. The molecule has 176 valence electrons. The average molecular weight is 483 g/mol. The van der Waals surface area contributed by atoms with Crippen LogP contribution in [-0.4, -0.2) is 38.2 Å². The molecule has 0 spiro atoms. The summed E-state index contributed by atoms with van der Waals surface area (Å²) in [6.07, 6.45) is 0. The van der Waals surface area contributed by atoms with E-state index >= 15 is 0 Å². The number of nitrogens with zero attached hydrogens (tertiary/aromatic N) is 2. The second-order valence-corrected chi connectivity index (χ2v) is 7.85. The predicted octanol–water partition coefficient (Wildman–Crippen LogP) is 6.09. The maximum atomic E-state index is 13.6. The molecule has 0 saturated carbocycles. The molecule has 8 heteroatoms. The molecule has 1 heterocycles. The molecule has 34 heavy (non-hydrogen) atoms. The van der Waals surface area contributed by atoms with Crippen LogP contribution in [0.5, 0.6) is 23.0 Å². The third kappa shape index (κ3) is 4.65. The molecule has 4 aromatic rings. The minimum atomic E-state index is -0.394. The van der Waals surface area contributed by atoms with Crippen LogP contribution in [0.15, 0.2) is 60.7 Å². The number of rotatable bonds is 8. The van der Waals surface area contributed by atoms with Crippen LogP contribution in [-0.2, 0) is 6.54 Å². The van der Waals surface area contributed by atoms with Gasteiger partial charge in [0, 0.05) is 28.3 Å². The van der Waals surface area contributed by atoms with E-state index in [1.54, 1.807) is 40.6 Å². The van der Waals surface area contributed by atoms with Crippen molar-refractivity contribution in [2.45, 2.75) is 6.54 Å². The molecule has 0 fully saturated rings. The van der Waals surface area contributed by atoms with Crippen molar-refractivity contribution in [2.75, 3.05) is 28.4 Å². The van der Waals surface area contributed by atoms with E-state index < -0.39 is 5.82 Å². The van der Waals surface area contributed by atoms with Crippen LogP contribution in [0.25, 0.3) is 22.5 Å². The van der Waals surface area contributed by atoms with Crippen LogP contribution in [0.4, 0.5) is 4.39 Å². The van der Waals surface area contributed by atoms with E-state index in [0.29, 0.717) is 40.3 Å². The van der Waals surface area contributed by atoms with Crippen molar-refractivity contribution in [1.82, 2.24) is 9.78 Å². The average Bonchev–Trinajstić information content (AvgIpc) is 3.28. The van der Waals surface area contributed by atoms with Gasteiger partial charge in [-0.1, -0.05) is 17.7 Å². The lowest BCUT2D eigenvalue weighted by atomic mass is 10.1. The third-order valence-electron chi connectivity index (χ3n) is 5.48. The van der Waals surface area contributed by atoms with Gasteiger partial charge < -0.3 is 18.9 Å². The zero-order chi connectivity index (χ0) is 24.2. The number of hydrogen-bond donors (Lipinski definition) is 0. The Morgan fingerprint density at radius 2 is 1.38 bits per heavy atom. The van der Waals surface area contributed by atoms with Crippen LogP contribution in [0.3, 0.4) is 0 Å². The first kappa shape index (κ1) is 23.4. The Balaban J connectivity index is 1.88. The van der Waals surface area contributed by atoms with Crippen LogP contribution in [0.2, 0.25) is 5.02 Å². The van der Waals surface area contributed by atoms with Gasteiger partial charge in [-0.3, -0.25) is 4.68 Å². The first-order chi connectivity index (χ1) is 16.5. The second kappa shape index (κ2) is 10.1. The van der Waals surface area contributed by atoms with Crippen LogP contribution in [0, 0.1) is 5.82 Å². The smallest absolute Gasteiger partial charge is 0.132 e. The van der Waals surface area contributed by atoms with E-state index in [0.717, 1.165) is 22.4 Å². The van der Waals surface area contributed by atoms with Gasteiger partial charge in [-0.05, 0) is 48.0 Å². The highest BCUT2D eigenvalue weighted by Crippen LogP contribution is 2.38. The molecule has 0 amide bonds. The number of benzene rings is 3. The van der Waals surface area contributed by atoms with Crippen molar-refractivity contribution >= 4 is 11.6 Å². The van der Waals surface area contributed by atoms with Gasteiger partial charge in [0.1, 0.15) is 28.8 Å². The molecule has 0 unspecified atom stereocenters. The molecule has 0 radical (unpaired) electrons. The van der Waals surface area contributed by atoms with Gasteiger partial charge in [-0.15, -0.1) is 0 Å². The fourth-order valence-electron chi connectivity index (χ4n) is 3.72. The van der Waals surface area contributed by atoms with Crippen molar-refractivity contribution in [2.24, 2.45) is 0 Å². The number of ether oxygens (including phenoxy) is 4. The van der Waals surface area contributed by atoms with Crippen molar-refractivity contribution < 1.29 is 23.3 Å². The summed E-state index contributed by atoms with van der Waals surface area (Å²) in [5.41, 5.74) is 3.81. The van der Waals surface area contributed by atoms with Gasteiger partial charge >= 0.3 is 0 Å². The first-order valence-electron chi connectivity index (χ1n) is 10.4. The maximum absolute atomic E-state index is 13.6. The molecule has 0 aliphatic heterocycles. The molecule has 6 nitrogen and oxygen atoms in total. The van der Waals surface area contributed by atoms with E-state index in [-0.39, 0.29) is 0 Å². The van der Waals surface area contributed by atoms with Crippen LogP contribution >= 0.6 is 11.6 Å². The monoisotopic (exact) mass is 482 g/mol. The van der Waals surface area contributed by atoms with E-state index in [4.69, 9.17) is 35.6 Å². The highest BCUT2D eigenvalue weighted by atomic mass is 35.5. The van der Waals surface area contributed by atoms with Crippen molar-refractivity contribution in [3.05, 3.63) is 77.1 Å². The van der Waals surface area contributed by atoms with Crippen molar-refractivity contribution in [1.29, 1.82) is 0 Å². The Morgan fingerprint density at radius 3 is 1.97 bits per heavy atom. The molecule has 0 aliphatic carbocycles. The Morgan fingerprint density at radius 1 is 0.765 bits per heavy atom. The minimum Gasteiger partial charge on any atom is -0.497 e. The summed E-state index contributed by atoms with van der Waals surface area (Å²) in [6, 6.07) is 17.4. The van der Waals surface area contributed by atoms with Gasteiger partial charge in [-0.2, -0.15) is 5.10 Å². The molecule has 0 bridgehead atoms. The third-order valence-corrected chi connectivity index (χ3v) is 5.84. The zero-order valence-corrected chi connectivity index (χ0v) is 20.0. The van der Waals surface area contributed by atoms with Gasteiger partial charge in [0.25, 0.3) is 0 Å². The summed E-state index contributed by atoms with van der Waals surface area (Å²) in [4.78, 5) is 0. The largest absolute Gasteiger partial charge is 0.497 e. The molecule has 0 saturated heterocycles. The van der Waals surface area contributed by atoms with Gasteiger partial charge in [-0.25, -0.2) is 4.39 Å². The van der Waals surface area contributed by atoms with Crippen LogP contribution in [0.1, 0.15) is 5.56 Å². The summed E-state index contributed by atoms with van der Waals surface area (Å²) in [5.74, 6) is 2.20. The van der Waals surface area contributed by atoms with Gasteiger partial charge in [0.2, 0.25) is 0 Å². The Hall–Kier alpha value is -3.71. The molecule has 0 aliphatic rings. The van der Waals surface area contributed by atoms with E-state index in [1.165, 1.54) is 12.1 Å². The summed E-state index contributed by atoms with van der Waals surface area (Å²) in [7, 11) is 6.40. The maximum Gasteiger partial charge on any atom is 0.132 e. The normalized spacial score (nSPS) is 10.8. The van der Waals surface area contributed by atoms with Gasteiger partial charge in [0.05, 0.1) is 46.4 Å². The van der Waals surface area contributed by atoms with Crippen molar-refractivity contribution in [3.63, 3.8) is 0 Å². The minimum absolute atomic E-state index is 0.322. The molecule has 3 aromatic carbocycles. The quantitative estimate of drug-likeness (QED) is 0.304. The van der Waals surface area contributed by atoms with E-state index in [2.05, 4.69) is 0 Å². The highest BCUT2D eigenvalue weighted by Gasteiger charge is 2.19. The highest BCUT2D eigenvalue weighted by molar-refractivity contribution is 6.31. The molecule has 0 atom stereocenters. The Labute approximate surface area is 202 Å². The number of hydrogen-bond acceptors (Lipinski definition) is 5. The lowest BCUT2D eigenvalue weighted by molar-refractivity contribution is 0.395. The fourth-order valence-corrected chi connectivity index (χ4v) is 3.94. The second-order valence-electron chi connectivity index (χ2n) is 7.44. The Kier molecular flexibility index (Phi) is 6.93. The first-order valence-corrected chi connectivity index (χ1v) is 10.8. The lowest BCUT2D eigenvalue weighted by Crippen LogP contribution is -2.05. The molecule has 1 aromatic heterocycles. The lowest BCUT2D eigenvalue weighted by Gasteiger charge is -2.13. The van der Waals surface area contributed by atoms with Gasteiger partial charge in [0.15, 0.2) is 0 Å². The summed E-state index contributed by atoms with van der Waals surface area (Å²) < 4.78 is 37.3. The predicted molar refractivity (Wildman–Crippen MR) is 130 cm³/mol. The Bertz CT molecular complexity index is 1320. The summed E-state index contributed by atoms with van der Waals surface area (Å²) in [6.45, 7) is 0.322. The number of aromatic nitrogens is 2. The van der Waals surface area contributed by atoms with E-state index in [1.807, 2.05) is 41.1 Å². The van der Waals surface area contributed by atoms with Crippen molar-refractivity contribution in [3.8, 4) is 45.5 Å². The number of halogens is 2. The summed E-state index contributed by atoms with van der Waals surface area (Å²) >= 11 is 6.32. The number of methoxy groups -OCH3 is 4. The molecule has 0 N–H and O–H groups in total. The standard InChI is InChI=1S/C26H24ClFN2O4/c1-31-18-7-9-20(25(12-18)33-3)23-14-24(21-10-8-19(32-2)13-26(21)34-4)30(29-23)15-16-5-6-17(28)11-22(16)27/h5-14H,15H2,1-4H3. The molecular weight excluding hydrogens is 459 g/mol. The SMILES string of the molecule is COc1ccc(-c2cc(-c3ccc(OC)cc3OC)n(Cc3ccc(F)cc3Cl)n2)c(OC)c1. The van der Waals surface area contributed by atoms with E-state index in [9.17, 15) is 4.39 Å². The van der Waals surface area contributed by atoms with Crippen LogP contribution < -0.4 is 18.9 Å². The zero-order valence-electron chi connectivity index (χ0n) is 19.3. The molecular formula is C26H24ClFN2O4. The fraction of sp³-hybridized carbons (Fsp3) is 0.192. The molecule has 4 rings (SSSR count).